The molecule has 0 bridgehead atoms. The Morgan fingerprint density at radius 1 is 1.05 bits per heavy atom. The lowest BCUT2D eigenvalue weighted by Crippen LogP contribution is -1.90. The van der Waals surface area contributed by atoms with Crippen molar-refractivity contribution in [3.8, 4) is 16.9 Å². The molecule has 0 amide bonds. The van der Waals surface area contributed by atoms with Crippen LogP contribution in [0.2, 0.25) is 0 Å². The summed E-state index contributed by atoms with van der Waals surface area (Å²) in [6, 6.07) is 13.0. The van der Waals surface area contributed by atoms with Gasteiger partial charge in [-0.15, -0.1) is 0 Å². The SMILES string of the molecule is O=C(Cl)c1ccc(-c2ccc3c(c2)C=NC=CO3)cc1. The Hall–Kier alpha value is -2.39. The van der Waals surface area contributed by atoms with Gasteiger partial charge in [0.25, 0.3) is 5.24 Å². The molecule has 0 radical (unpaired) electrons. The molecule has 4 heteroatoms. The number of fused-ring (bicyclic) bond motifs is 1. The van der Waals surface area contributed by atoms with Crippen LogP contribution in [0.15, 0.2) is 59.9 Å². The summed E-state index contributed by atoms with van der Waals surface area (Å²) in [6.07, 6.45) is 4.89. The predicted octanol–water partition coefficient (Wildman–Crippen LogP) is 4.02. The summed E-state index contributed by atoms with van der Waals surface area (Å²) in [4.78, 5) is 15.1. The van der Waals surface area contributed by atoms with Gasteiger partial charge in [0, 0.05) is 17.3 Å². The minimum absolute atomic E-state index is 0.454. The van der Waals surface area contributed by atoms with Gasteiger partial charge in [-0.1, -0.05) is 18.2 Å². The largest absolute Gasteiger partial charge is 0.463 e. The normalized spacial score (nSPS) is 12.4. The Morgan fingerprint density at radius 2 is 1.80 bits per heavy atom. The molecule has 2 aromatic rings. The second kappa shape index (κ2) is 5.31. The number of carbonyl (C=O) groups is 1. The van der Waals surface area contributed by atoms with Crippen molar-refractivity contribution in [2.24, 2.45) is 4.99 Å². The minimum Gasteiger partial charge on any atom is -0.463 e. The van der Waals surface area contributed by atoms with Crippen molar-refractivity contribution in [1.29, 1.82) is 0 Å². The van der Waals surface area contributed by atoms with Gasteiger partial charge in [-0.2, -0.15) is 0 Å². The van der Waals surface area contributed by atoms with Crippen LogP contribution in [0, 0.1) is 0 Å². The summed E-state index contributed by atoms with van der Waals surface area (Å²) < 4.78 is 5.42. The van der Waals surface area contributed by atoms with E-state index >= 15 is 0 Å². The first-order valence-corrected chi connectivity index (χ1v) is 6.41. The fourth-order valence-corrected chi connectivity index (χ4v) is 2.12. The summed E-state index contributed by atoms with van der Waals surface area (Å²) in [5.74, 6) is 0.763. The molecule has 0 saturated carbocycles. The van der Waals surface area contributed by atoms with Crippen LogP contribution in [0.1, 0.15) is 15.9 Å². The van der Waals surface area contributed by atoms with Gasteiger partial charge in [0.2, 0.25) is 0 Å². The highest BCUT2D eigenvalue weighted by molar-refractivity contribution is 6.67. The fourth-order valence-electron chi connectivity index (χ4n) is 1.99. The number of rotatable bonds is 2. The summed E-state index contributed by atoms with van der Waals surface area (Å²) >= 11 is 5.43. The van der Waals surface area contributed by atoms with Gasteiger partial charge in [-0.3, -0.25) is 9.79 Å². The first-order chi connectivity index (χ1) is 9.74. The number of ether oxygens (including phenoxy) is 1. The van der Waals surface area contributed by atoms with Gasteiger partial charge in [-0.25, -0.2) is 0 Å². The maximum absolute atomic E-state index is 11.0. The van der Waals surface area contributed by atoms with Crippen LogP contribution in [-0.4, -0.2) is 11.5 Å². The van der Waals surface area contributed by atoms with Crippen molar-refractivity contribution in [1.82, 2.24) is 0 Å². The maximum Gasteiger partial charge on any atom is 0.252 e. The molecule has 1 aliphatic heterocycles. The first kappa shape index (κ1) is 12.6. The molecule has 2 aromatic carbocycles. The average molecular weight is 284 g/mol. The molecule has 0 saturated heterocycles. The van der Waals surface area contributed by atoms with E-state index in [9.17, 15) is 4.79 Å². The number of carbonyl (C=O) groups excluding carboxylic acids is 1. The highest BCUT2D eigenvalue weighted by atomic mass is 35.5. The van der Waals surface area contributed by atoms with E-state index in [0.29, 0.717) is 5.56 Å². The Bertz CT molecular complexity index is 718. The molecule has 98 valence electrons. The van der Waals surface area contributed by atoms with E-state index in [1.165, 1.54) is 0 Å². The zero-order chi connectivity index (χ0) is 13.9. The number of hydrogen-bond donors (Lipinski definition) is 0. The van der Waals surface area contributed by atoms with Gasteiger partial charge in [-0.05, 0) is 47.0 Å². The standard InChI is InChI=1S/C16H10ClNO2/c17-16(19)12-3-1-11(2-4-12)13-5-6-15-14(9-13)10-18-7-8-20-15/h1-10H. The van der Waals surface area contributed by atoms with Crippen LogP contribution in [0.3, 0.4) is 0 Å². The van der Waals surface area contributed by atoms with Crippen molar-refractivity contribution >= 4 is 23.1 Å². The summed E-state index contributed by atoms with van der Waals surface area (Å²) in [6.45, 7) is 0. The van der Waals surface area contributed by atoms with Gasteiger partial charge >= 0.3 is 0 Å². The molecule has 0 fully saturated rings. The third-order valence-corrected chi connectivity index (χ3v) is 3.23. The quantitative estimate of drug-likeness (QED) is 0.781. The second-order valence-corrected chi connectivity index (χ2v) is 4.63. The van der Waals surface area contributed by atoms with Crippen LogP contribution < -0.4 is 4.74 Å². The molecular weight excluding hydrogens is 274 g/mol. The third-order valence-electron chi connectivity index (χ3n) is 3.01. The lowest BCUT2D eigenvalue weighted by molar-refractivity contribution is 0.108. The van der Waals surface area contributed by atoms with Crippen LogP contribution in [-0.2, 0) is 0 Å². The number of aliphatic imine (C=N–C) groups is 1. The van der Waals surface area contributed by atoms with Gasteiger partial charge in [0.15, 0.2) is 0 Å². The second-order valence-electron chi connectivity index (χ2n) is 4.28. The Labute approximate surface area is 121 Å². The van der Waals surface area contributed by atoms with Crippen molar-refractivity contribution < 1.29 is 9.53 Å². The van der Waals surface area contributed by atoms with Crippen molar-refractivity contribution in [2.45, 2.75) is 0 Å². The van der Waals surface area contributed by atoms with E-state index in [-0.39, 0.29) is 0 Å². The topological polar surface area (TPSA) is 38.7 Å². The van der Waals surface area contributed by atoms with E-state index in [0.717, 1.165) is 22.4 Å². The molecule has 3 nitrogen and oxygen atoms in total. The Kier molecular flexibility index (Phi) is 3.35. The minimum atomic E-state index is -0.454. The molecule has 0 atom stereocenters. The summed E-state index contributed by atoms with van der Waals surface area (Å²) in [5.41, 5.74) is 3.42. The number of hydrogen-bond acceptors (Lipinski definition) is 3. The average Bonchev–Trinajstić information content (AvgIpc) is 2.71. The smallest absolute Gasteiger partial charge is 0.252 e. The zero-order valence-corrected chi connectivity index (χ0v) is 11.2. The predicted molar refractivity (Wildman–Crippen MR) is 79.4 cm³/mol. The van der Waals surface area contributed by atoms with Gasteiger partial charge in [0.1, 0.15) is 12.0 Å². The summed E-state index contributed by atoms with van der Waals surface area (Å²) in [5, 5.41) is -0.454. The number of benzene rings is 2. The highest BCUT2D eigenvalue weighted by Crippen LogP contribution is 2.27. The van der Waals surface area contributed by atoms with Crippen LogP contribution in [0.25, 0.3) is 11.1 Å². The molecule has 1 heterocycles. The van der Waals surface area contributed by atoms with Crippen LogP contribution in [0.4, 0.5) is 0 Å². The molecule has 0 N–H and O–H groups in total. The maximum atomic E-state index is 11.0. The lowest BCUT2D eigenvalue weighted by atomic mass is 10.0. The molecule has 0 unspecified atom stereocenters. The van der Waals surface area contributed by atoms with Crippen molar-refractivity contribution in [3.05, 3.63) is 66.1 Å². The van der Waals surface area contributed by atoms with E-state index in [1.54, 1.807) is 30.8 Å². The first-order valence-electron chi connectivity index (χ1n) is 6.03. The van der Waals surface area contributed by atoms with Crippen molar-refractivity contribution in [3.63, 3.8) is 0 Å². The molecule has 0 aliphatic carbocycles. The third kappa shape index (κ3) is 2.49. The van der Waals surface area contributed by atoms with Gasteiger partial charge in [0.05, 0.1) is 6.20 Å². The highest BCUT2D eigenvalue weighted by Gasteiger charge is 2.07. The number of nitrogens with zero attached hydrogens (tertiary/aromatic N) is 1. The van der Waals surface area contributed by atoms with Crippen LogP contribution in [0.5, 0.6) is 5.75 Å². The molecule has 0 aromatic heterocycles. The molecule has 0 spiro atoms. The van der Waals surface area contributed by atoms with E-state index in [4.69, 9.17) is 16.3 Å². The molecule has 20 heavy (non-hydrogen) atoms. The van der Waals surface area contributed by atoms with E-state index in [2.05, 4.69) is 4.99 Å². The van der Waals surface area contributed by atoms with E-state index < -0.39 is 5.24 Å². The lowest BCUT2D eigenvalue weighted by Gasteiger charge is -2.07. The Morgan fingerprint density at radius 3 is 2.55 bits per heavy atom. The summed E-state index contributed by atoms with van der Waals surface area (Å²) in [7, 11) is 0. The monoisotopic (exact) mass is 283 g/mol. The fraction of sp³-hybridized carbons (Fsp3) is 0. The molecule has 1 aliphatic rings. The number of halogens is 1. The van der Waals surface area contributed by atoms with Crippen molar-refractivity contribution in [2.75, 3.05) is 0 Å². The molecular formula is C16H10ClNO2. The van der Waals surface area contributed by atoms with Crippen LogP contribution >= 0.6 is 11.6 Å². The Balaban J connectivity index is 1.98. The van der Waals surface area contributed by atoms with E-state index in [1.807, 2.05) is 30.3 Å². The zero-order valence-electron chi connectivity index (χ0n) is 10.4. The molecule has 3 rings (SSSR count). The van der Waals surface area contributed by atoms with Gasteiger partial charge < -0.3 is 4.74 Å².